The quantitative estimate of drug-likeness (QED) is 0.812. The number of benzene rings is 1. The van der Waals surface area contributed by atoms with Crippen molar-refractivity contribution >= 4 is 5.91 Å². The third kappa shape index (κ3) is 5.21. The van der Waals surface area contributed by atoms with Crippen molar-refractivity contribution in [2.75, 3.05) is 20.6 Å². The number of hydrogen-bond acceptors (Lipinski definition) is 3. The molecule has 0 saturated heterocycles. The van der Waals surface area contributed by atoms with Crippen molar-refractivity contribution in [3.8, 4) is 5.75 Å². The average Bonchev–Trinajstić information content (AvgIpc) is 2.60. The molecule has 2 rings (SSSR count). The van der Waals surface area contributed by atoms with Gasteiger partial charge in [-0.25, -0.2) is 0 Å². The van der Waals surface area contributed by atoms with Crippen LogP contribution in [0.5, 0.6) is 5.75 Å². The fraction of sp³-hybridized carbons (Fsp3) is 0.667. The summed E-state index contributed by atoms with van der Waals surface area (Å²) in [5.74, 6) is 1.19. The van der Waals surface area contributed by atoms with E-state index in [4.69, 9.17) is 4.74 Å². The highest BCUT2D eigenvalue weighted by molar-refractivity contribution is 5.80. The van der Waals surface area contributed by atoms with E-state index in [1.807, 2.05) is 19.1 Å². The molecule has 140 valence electrons. The average molecular weight is 347 g/mol. The van der Waals surface area contributed by atoms with E-state index in [0.29, 0.717) is 12.5 Å². The molecule has 4 heteroatoms. The molecule has 4 nitrogen and oxygen atoms in total. The summed E-state index contributed by atoms with van der Waals surface area (Å²) in [5, 5.41) is 3.12. The maximum atomic E-state index is 12.5. The molecule has 0 aromatic heterocycles. The van der Waals surface area contributed by atoms with Gasteiger partial charge in [0.2, 0.25) is 0 Å². The molecule has 0 unspecified atom stereocenters. The van der Waals surface area contributed by atoms with Crippen LogP contribution in [-0.2, 0) is 4.79 Å². The number of likely N-dealkylation sites (N-methyl/N-ethyl adjacent to an activating group) is 1. The Hall–Kier alpha value is -1.55. The Balaban J connectivity index is 1.89. The standard InChI is InChI=1S/C21H34N2O2/c1-16(2)18-9-11-19(12-10-18)25-17(3)20(24)22-15-21(23(4)5)13-7-6-8-14-21/h9-12,16-17H,6-8,13-15H2,1-5H3,(H,22,24)/t17-/m0/s1. The number of amides is 1. The van der Waals surface area contributed by atoms with E-state index >= 15 is 0 Å². The lowest BCUT2D eigenvalue weighted by molar-refractivity contribution is -0.128. The Bertz CT molecular complexity index is 546. The summed E-state index contributed by atoms with van der Waals surface area (Å²) in [5.41, 5.74) is 1.36. The van der Waals surface area contributed by atoms with Gasteiger partial charge in [-0.3, -0.25) is 4.79 Å². The largest absolute Gasteiger partial charge is 0.481 e. The maximum Gasteiger partial charge on any atom is 0.260 e. The predicted molar refractivity (Wildman–Crippen MR) is 103 cm³/mol. The van der Waals surface area contributed by atoms with Crippen LogP contribution in [0.4, 0.5) is 0 Å². The minimum Gasteiger partial charge on any atom is -0.481 e. The number of nitrogens with zero attached hydrogens (tertiary/aromatic N) is 1. The van der Waals surface area contributed by atoms with Gasteiger partial charge in [0.05, 0.1) is 0 Å². The fourth-order valence-electron chi connectivity index (χ4n) is 3.58. The molecule has 1 saturated carbocycles. The lowest BCUT2D eigenvalue weighted by Gasteiger charge is -2.43. The zero-order valence-corrected chi connectivity index (χ0v) is 16.5. The molecule has 1 N–H and O–H groups in total. The van der Waals surface area contributed by atoms with Gasteiger partial charge >= 0.3 is 0 Å². The van der Waals surface area contributed by atoms with Crippen LogP contribution in [0.25, 0.3) is 0 Å². The maximum absolute atomic E-state index is 12.5. The highest BCUT2D eigenvalue weighted by Crippen LogP contribution is 2.31. The van der Waals surface area contributed by atoms with E-state index in [-0.39, 0.29) is 11.4 Å². The van der Waals surface area contributed by atoms with Crippen molar-refractivity contribution in [1.82, 2.24) is 10.2 Å². The first-order valence-corrected chi connectivity index (χ1v) is 9.56. The first kappa shape index (κ1) is 19.8. The summed E-state index contributed by atoms with van der Waals surface area (Å²) in [6.07, 6.45) is 5.57. The minimum absolute atomic E-state index is 0.0419. The highest BCUT2D eigenvalue weighted by atomic mass is 16.5. The van der Waals surface area contributed by atoms with E-state index in [0.717, 1.165) is 18.6 Å². The number of nitrogens with one attached hydrogen (secondary N) is 1. The van der Waals surface area contributed by atoms with Crippen LogP contribution in [0, 0.1) is 0 Å². The van der Waals surface area contributed by atoms with E-state index in [1.165, 1.54) is 24.8 Å². The Labute approximate surface area is 152 Å². The third-order valence-electron chi connectivity index (χ3n) is 5.55. The molecule has 0 spiro atoms. The number of hydrogen-bond donors (Lipinski definition) is 1. The van der Waals surface area contributed by atoms with Gasteiger partial charge in [0.15, 0.2) is 6.10 Å². The predicted octanol–water partition coefficient (Wildman–Crippen LogP) is 3.96. The lowest BCUT2D eigenvalue weighted by atomic mass is 9.80. The van der Waals surface area contributed by atoms with Crippen LogP contribution in [0.2, 0.25) is 0 Å². The van der Waals surface area contributed by atoms with Crippen LogP contribution >= 0.6 is 0 Å². The molecule has 1 aromatic rings. The molecule has 1 fully saturated rings. The first-order chi connectivity index (χ1) is 11.8. The molecule has 1 aliphatic rings. The monoisotopic (exact) mass is 346 g/mol. The van der Waals surface area contributed by atoms with Crippen molar-refractivity contribution in [1.29, 1.82) is 0 Å². The Kier molecular flexibility index (Phi) is 6.88. The molecular formula is C21H34N2O2. The molecule has 1 amide bonds. The summed E-state index contributed by atoms with van der Waals surface area (Å²) < 4.78 is 5.82. The first-order valence-electron chi connectivity index (χ1n) is 9.56. The van der Waals surface area contributed by atoms with Crippen molar-refractivity contribution in [2.24, 2.45) is 0 Å². The highest BCUT2D eigenvalue weighted by Gasteiger charge is 2.34. The van der Waals surface area contributed by atoms with Crippen LogP contribution in [-0.4, -0.2) is 43.1 Å². The van der Waals surface area contributed by atoms with Crippen molar-refractivity contribution in [2.45, 2.75) is 70.4 Å². The Morgan fingerprint density at radius 1 is 1.12 bits per heavy atom. The molecule has 0 aliphatic heterocycles. The fourth-order valence-corrected chi connectivity index (χ4v) is 3.58. The third-order valence-corrected chi connectivity index (χ3v) is 5.55. The van der Waals surface area contributed by atoms with E-state index in [1.54, 1.807) is 0 Å². The van der Waals surface area contributed by atoms with E-state index < -0.39 is 6.10 Å². The SMILES string of the molecule is CC(C)c1ccc(O[C@@H](C)C(=O)NCC2(N(C)C)CCCCC2)cc1. The zero-order chi connectivity index (χ0) is 18.4. The molecule has 1 aliphatic carbocycles. The summed E-state index contributed by atoms with van der Waals surface area (Å²) >= 11 is 0. The molecule has 0 radical (unpaired) electrons. The van der Waals surface area contributed by atoms with Crippen molar-refractivity contribution < 1.29 is 9.53 Å². The van der Waals surface area contributed by atoms with Gasteiger partial charge < -0.3 is 15.0 Å². The van der Waals surface area contributed by atoms with Crippen LogP contribution < -0.4 is 10.1 Å². The second-order valence-electron chi connectivity index (χ2n) is 7.88. The molecule has 1 aromatic carbocycles. The van der Waals surface area contributed by atoms with Gasteiger partial charge in [-0.15, -0.1) is 0 Å². The molecule has 25 heavy (non-hydrogen) atoms. The number of carbonyl (C=O) groups excluding carboxylic acids is 1. The molecule has 1 atom stereocenters. The van der Waals surface area contributed by atoms with Crippen molar-refractivity contribution in [3.05, 3.63) is 29.8 Å². The number of carbonyl (C=O) groups is 1. The van der Waals surface area contributed by atoms with Gasteiger partial charge in [-0.2, -0.15) is 0 Å². The van der Waals surface area contributed by atoms with E-state index in [9.17, 15) is 4.79 Å². The Morgan fingerprint density at radius 2 is 1.72 bits per heavy atom. The second kappa shape index (κ2) is 8.70. The number of ether oxygens (including phenoxy) is 1. The van der Waals surface area contributed by atoms with Crippen molar-refractivity contribution in [3.63, 3.8) is 0 Å². The number of rotatable bonds is 7. The Morgan fingerprint density at radius 3 is 2.24 bits per heavy atom. The molecular weight excluding hydrogens is 312 g/mol. The summed E-state index contributed by atoms with van der Waals surface area (Å²) in [6.45, 7) is 6.84. The van der Waals surface area contributed by atoms with Gasteiger partial charge in [-0.05, 0) is 57.5 Å². The normalized spacial score (nSPS) is 18.2. The van der Waals surface area contributed by atoms with Gasteiger partial charge in [-0.1, -0.05) is 45.2 Å². The molecule has 0 heterocycles. The van der Waals surface area contributed by atoms with Crippen LogP contribution in [0.1, 0.15) is 64.4 Å². The van der Waals surface area contributed by atoms with Gasteiger partial charge in [0.1, 0.15) is 5.75 Å². The zero-order valence-electron chi connectivity index (χ0n) is 16.5. The van der Waals surface area contributed by atoms with E-state index in [2.05, 4.69) is 50.3 Å². The van der Waals surface area contributed by atoms with Crippen LogP contribution in [0.3, 0.4) is 0 Å². The van der Waals surface area contributed by atoms with Crippen LogP contribution in [0.15, 0.2) is 24.3 Å². The minimum atomic E-state index is -0.493. The summed E-state index contributed by atoms with van der Waals surface area (Å²) in [6, 6.07) is 8.02. The van der Waals surface area contributed by atoms with Gasteiger partial charge in [0, 0.05) is 12.1 Å². The summed E-state index contributed by atoms with van der Waals surface area (Å²) in [7, 11) is 4.24. The summed E-state index contributed by atoms with van der Waals surface area (Å²) in [4.78, 5) is 14.8. The smallest absolute Gasteiger partial charge is 0.260 e. The topological polar surface area (TPSA) is 41.6 Å². The van der Waals surface area contributed by atoms with Gasteiger partial charge in [0.25, 0.3) is 5.91 Å². The molecule has 0 bridgehead atoms. The lowest BCUT2D eigenvalue weighted by Crippen LogP contribution is -2.55. The second-order valence-corrected chi connectivity index (χ2v) is 7.88.